The number of rotatable bonds is 2. The van der Waals surface area contributed by atoms with E-state index in [9.17, 15) is 0 Å². The summed E-state index contributed by atoms with van der Waals surface area (Å²) in [6.07, 6.45) is 1.33. The molecule has 12 heavy (non-hydrogen) atoms. The SMILES string of the molecule is Cc1cccc(NC2CC2C)c1. The van der Waals surface area contributed by atoms with Crippen molar-refractivity contribution in [1.29, 1.82) is 0 Å². The third-order valence-electron chi connectivity index (χ3n) is 2.48. The van der Waals surface area contributed by atoms with Crippen LogP contribution in [0.1, 0.15) is 18.9 Å². The van der Waals surface area contributed by atoms with Gasteiger partial charge in [0, 0.05) is 11.7 Å². The van der Waals surface area contributed by atoms with Gasteiger partial charge in [0.05, 0.1) is 0 Å². The fraction of sp³-hybridized carbons (Fsp3) is 0.455. The molecule has 64 valence electrons. The average molecular weight is 161 g/mol. The smallest absolute Gasteiger partial charge is 0.0345 e. The maximum atomic E-state index is 3.51. The highest BCUT2D eigenvalue weighted by atomic mass is 15.0. The average Bonchev–Trinajstić information content (AvgIpc) is 2.66. The van der Waals surface area contributed by atoms with Crippen LogP contribution in [0.3, 0.4) is 0 Å². The number of hydrogen-bond acceptors (Lipinski definition) is 1. The van der Waals surface area contributed by atoms with Gasteiger partial charge in [-0.2, -0.15) is 0 Å². The van der Waals surface area contributed by atoms with Crippen LogP contribution in [0.25, 0.3) is 0 Å². The van der Waals surface area contributed by atoms with Crippen LogP contribution >= 0.6 is 0 Å². The topological polar surface area (TPSA) is 12.0 Å². The summed E-state index contributed by atoms with van der Waals surface area (Å²) in [7, 11) is 0. The Balaban J connectivity index is 2.03. The van der Waals surface area contributed by atoms with E-state index in [2.05, 4.69) is 43.4 Å². The Hall–Kier alpha value is -0.980. The Morgan fingerprint density at radius 3 is 2.75 bits per heavy atom. The van der Waals surface area contributed by atoms with Gasteiger partial charge in [-0.3, -0.25) is 0 Å². The van der Waals surface area contributed by atoms with Crippen LogP contribution in [0.4, 0.5) is 5.69 Å². The zero-order valence-electron chi connectivity index (χ0n) is 7.67. The van der Waals surface area contributed by atoms with Crippen molar-refractivity contribution in [2.75, 3.05) is 5.32 Å². The summed E-state index contributed by atoms with van der Waals surface area (Å²) in [6.45, 7) is 4.41. The normalized spacial score (nSPS) is 26.8. The predicted molar refractivity (Wildman–Crippen MR) is 52.4 cm³/mol. The van der Waals surface area contributed by atoms with Gasteiger partial charge in [0.1, 0.15) is 0 Å². The summed E-state index contributed by atoms with van der Waals surface area (Å²) in [5, 5.41) is 3.51. The van der Waals surface area contributed by atoms with E-state index in [-0.39, 0.29) is 0 Å². The number of nitrogens with one attached hydrogen (secondary N) is 1. The molecule has 1 fully saturated rings. The molecule has 1 aliphatic carbocycles. The van der Waals surface area contributed by atoms with Crippen LogP contribution < -0.4 is 5.32 Å². The monoisotopic (exact) mass is 161 g/mol. The molecule has 2 atom stereocenters. The van der Waals surface area contributed by atoms with Crippen molar-refractivity contribution in [2.24, 2.45) is 5.92 Å². The highest BCUT2D eigenvalue weighted by Crippen LogP contribution is 2.32. The minimum absolute atomic E-state index is 0.729. The molecule has 0 radical (unpaired) electrons. The van der Waals surface area contributed by atoms with Crippen molar-refractivity contribution in [3.8, 4) is 0 Å². The molecule has 0 aliphatic heterocycles. The fourth-order valence-corrected chi connectivity index (χ4v) is 1.47. The first kappa shape index (κ1) is 7.66. The van der Waals surface area contributed by atoms with Gasteiger partial charge >= 0.3 is 0 Å². The van der Waals surface area contributed by atoms with E-state index >= 15 is 0 Å². The van der Waals surface area contributed by atoms with Crippen molar-refractivity contribution in [2.45, 2.75) is 26.3 Å². The first-order valence-corrected chi connectivity index (χ1v) is 4.59. The predicted octanol–water partition coefficient (Wildman–Crippen LogP) is 2.82. The van der Waals surface area contributed by atoms with Crippen molar-refractivity contribution in [1.82, 2.24) is 0 Å². The maximum Gasteiger partial charge on any atom is 0.0345 e. The van der Waals surface area contributed by atoms with Crippen LogP contribution in [0, 0.1) is 12.8 Å². The molecule has 0 bridgehead atoms. The first-order chi connectivity index (χ1) is 5.75. The summed E-state index contributed by atoms with van der Waals surface area (Å²) < 4.78 is 0. The van der Waals surface area contributed by atoms with Crippen molar-refractivity contribution < 1.29 is 0 Å². The minimum Gasteiger partial charge on any atom is -0.382 e. The lowest BCUT2D eigenvalue weighted by atomic mass is 10.2. The van der Waals surface area contributed by atoms with Gasteiger partial charge in [-0.15, -0.1) is 0 Å². The summed E-state index contributed by atoms with van der Waals surface area (Å²) in [6, 6.07) is 9.29. The summed E-state index contributed by atoms with van der Waals surface area (Å²) in [5.74, 6) is 0.866. The van der Waals surface area contributed by atoms with Gasteiger partial charge in [0.15, 0.2) is 0 Å². The standard InChI is InChI=1S/C11H15N/c1-8-4-3-5-10(6-8)12-11-7-9(11)2/h3-6,9,11-12H,7H2,1-2H3. The van der Waals surface area contributed by atoms with E-state index in [0.29, 0.717) is 0 Å². The third-order valence-corrected chi connectivity index (χ3v) is 2.48. The third kappa shape index (κ3) is 1.60. The molecule has 1 aromatic rings. The Morgan fingerprint density at radius 1 is 1.42 bits per heavy atom. The first-order valence-electron chi connectivity index (χ1n) is 4.59. The van der Waals surface area contributed by atoms with Gasteiger partial charge in [-0.25, -0.2) is 0 Å². The quantitative estimate of drug-likeness (QED) is 0.703. The molecule has 1 aliphatic rings. The van der Waals surface area contributed by atoms with Crippen LogP contribution in [-0.4, -0.2) is 6.04 Å². The molecule has 2 unspecified atom stereocenters. The van der Waals surface area contributed by atoms with Gasteiger partial charge in [0.2, 0.25) is 0 Å². The molecular weight excluding hydrogens is 146 g/mol. The van der Waals surface area contributed by atoms with Gasteiger partial charge < -0.3 is 5.32 Å². The molecule has 1 saturated carbocycles. The molecule has 0 amide bonds. The molecule has 1 nitrogen and oxygen atoms in total. The fourth-order valence-electron chi connectivity index (χ4n) is 1.47. The summed E-state index contributed by atoms with van der Waals surface area (Å²) in [5.41, 5.74) is 2.60. The second-order valence-corrected chi connectivity index (χ2v) is 3.83. The van der Waals surface area contributed by atoms with E-state index < -0.39 is 0 Å². The van der Waals surface area contributed by atoms with E-state index in [0.717, 1.165) is 12.0 Å². The minimum atomic E-state index is 0.729. The second-order valence-electron chi connectivity index (χ2n) is 3.83. The molecule has 0 spiro atoms. The van der Waals surface area contributed by atoms with Crippen molar-refractivity contribution in [3.63, 3.8) is 0 Å². The van der Waals surface area contributed by atoms with Crippen LogP contribution in [-0.2, 0) is 0 Å². The Bertz CT molecular complexity index is 280. The lowest BCUT2D eigenvalue weighted by molar-refractivity contribution is 0.929. The number of benzene rings is 1. The van der Waals surface area contributed by atoms with Crippen LogP contribution in [0.15, 0.2) is 24.3 Å². The van der Waals surface area contributed by atoms with Crippen LogP contribution in [0.2, 0.25) is 0 Å². The van der Waals surface area contributed by atoms with Gasteiger partial charge in [0.25, 0.3) is 0 Å². The maximum absolute atomic E-state index is 3.51. The largest absolute Gasteiger partial charge is 0.382 e. The highest BCUT2D eigenvalue weighted by Gasteiger charge is 2.32. The Kier molecular flexibility index (Phi) is 1.80. The summed E-state index contributed by atoms with van der Waals surface area (Å²) in [4.78, 5) is 0. The molecule has 2 rings (SSSR count). The molecular formula is C11H15N. The van der Waals surface area contributed by atoms with Gasteiger partial charge in [-0.1, -0.05) is 19.1 Å². The molecule has 1 heteroatoms. The Morgan fingerprint density at radius 2 is 2.17 bits per heavy atom. The highest BCUT2D eigenvalue weighted by molar-refractivity contribution is 5.47. The zero-order chi connectivity index (χ0) is 8.55. The number of hydrogen-bond donors (Lipinski definition) is 1. The molecule has 0 heterocycles. The lowest BCUT2D eigenvalue weighted by Crippen LogP contribution is -2.02. The second kappa shape index (κ2) is 2.81. The van der Waals surface area contributed by atoms with Crippen molar-refractivity contribution in [3.05, 3.63) is 29.8 Å². The lowest BCUT2D eigenvalue weighted by Gasteiger charge is -2.04. The van der Waals surface area contributed by atoms with Crippen LogP contribution in [0.5, 0.6) is 0 Å². The van der Waals surface area contributed by atoms with Gasteiger partial charge in [-0.05, 0) is 37.0 Å². The zero-order valence-corrected chi connectivity index (χ0v) is 7.67. The molecule has 0 saturated heterocycles. The van der Waals surface area contributed by atoms with E-state index in [1.54, 1.807) is 0 Å². The molecule has 1 aromatic carbocycles. The Labute approximate surface area is 73.8 Å². The molecule has 1 N–H and O–H groups in total. The number of anilines is 1. The number of aryl methyl sites for hydroxylation is 1. The summed E-state index contributed by atoms with van der Waals surface area (Å²) >= 11 is 0. The van der Waals surface area contributed by atoms with E-state index in [1.807, 2.05) is 0 Å². The molecule has 0 aromatic heterocycles. The van der Waals surface area contributed by atoms with E-state index in [1.165, 1.54) is 17.7 Å². The van der Waals surface area contributed by atoms with Crippen molar-refractivity contribution >= 4 is 5.69 Å². The van der Waals surface area contributed by atoms with E-state index in [4.69, 9.17) is 0 Å².